The fourth-order valence-corrected chi connectivity index (χ4v) is 5.08. The number of hydrogen-bond acceptors (Lipinski definition) is 15. The zero-order valence-electron chi connectivity index (χ0n) is 22.4. The highest BCUT2D eigenvalue weighted by molar-refractivity contribution is 5.91. The minimum absolute atomic E-state index is 0.0539. The van der Waals surface area contributed by atoms with Crippen LogP contribution in [0.2, 0.25) is 0 Å². The van der Waals surface area contributed by atoms with Crippen molar-refractivity contribution in [2.45, 2.75) is 115 Å². The summed E-state index contributed by atoms with van der Waals surface area (Å²) in [5.41, 5.74) is 0.229. The van der Waals surface area contributed by atoms with Crippen molar-refractivity contribution in [1.82, 2.24) is 0 Å². The maximum absolute atomic E-state index is 12.1. The van der Waals surface area contributed by atoms with Crippen molar-refractivity contribution in [2.24, 2.45) is 5.16 Å². The van der Waals surface area contributed by atoms with Crippen LogP contribution >= 0.6 is 0 Å². The van der Waals surface area contributed by atoms with E-state index in [9.17, 15) is 24.3 Å². The van der Waals surface area contributed by atoms with E-state index in [2.05, 4.69) is 5.16 Å². The van der Waals surface area contributed by atoms with Crippen LogP contribution in [0.1, 0.15) is 48.0 Å². The molecular formula is C24H33NO14. The number of ether oxygens (including phenoxy) is 8. The lowest BCUT2D eigenvalue weighted by molar-refractivity contribution is -0.241. The number of carbonyl (C=O) groups excluding carboxylic acids is 4. The second-order valence-corrected chi connectivity index (χ2v) is 10.1. The molecule has 4 heterocycles. The van der Waals surface area contributed by atoms with Gasteiger partial charge in [0.25, 0.3) is 0 Å². The fraction of sp³-hybridized carbons (Fsp3) is 0.792. The average Bonchev–Trinajstić information content (AvgIpc) is 3.48. The van der Waals surface area contributed by atoms with Crippen LogP contribution in [0, 0.1) is 0 Å². The second-order valence-electron chi connectivity index (χ2n) is 10.1. The van der Waals surface area contributed by atoms with E-state index in [1.807, 2.05) is 0 Å². The van der Waals surface area contributed by atoms with E-state index in [1.54, 1.807) is 13.8 Å². The summed E-state index contributed by atoms with van der Waals surface area (Å²) < 4.78 is 44.8. The number of hydrogen-bond donors (Lipinski definition) is 1. The van der Waals surface area contributed by atoms with Gasteiger partial charge in [-0.15, -0.1) is 0 Å². The normalized spacial score (nSPS) is 38.7. The van der Waals surface area contributed by atoms with Gasteiger partial charge in [0.15, 0.2) is 36.5 Å². The Labute approximate surface area is 223 Å². The molecule has 218 valence electrons. The zero-order chi connectivity index (χ0) is 28.6. The number of rotatable bonds is 7. The summed E-state index contributed by atoms with van der Waals surface area (Å²) in [4.78, 5) is 53.1. The Morgan fingerprint density at radius 1 is 0.872 bits per heavy atom. The molecule has 0 radical (unpaired) electrons. The smallest absolute Gasteiger partial charge is 0.303 e. The molecule has 39 heavy (non-hydrogen) atoms. The fourth-order valence-electron chi connectivity index (χ4n) is 5.08. The van der Waals surface area contributed by atoms with E-state index in [4.69, 9.17) is 42.7 Å². The summed E-state index contributed by atoms with van der Waals surface area (Å²) >= 11 is 0. The molecule has 4 rings (SSSR count). The van der Waals surface area contributed by atoms with Crippen molar-refractivity contribution < 1.29 is 67.0 Å². The lowest BCUT2D eigenvalue weighted by Crippen LogP contribution is -2.64. The van der Waals surface area contributed by atoms with Gasteiger partial charge >= 0.3 is 23.9 Å². The number of esters is 4. The SMILES string of the molecule is CC(=O)OC[C@H]1O[C@@H](C2=NOC([C@H]3O[C@@H]4OC(C)(C)O[C@@H]4[C@H]3O)C2)[C@H](OC(C)=O)[C@@H](OC(C)=O)[C@@H]1OC(C)=O. The molecule has 1 N–H and O–H groups in total. The number of nitrogens with zero attached hydrogens (tertiary/aromatic N) is 1. The average molecular weight is 560 g/mol. The Balaban J connectivity index is 1.57. The molecule has 0 bridgehead atoms. The summed E-state index contributed by atoms with van der Waals surface area (Å²) in [5, 5.41) is 14.9. The van der Waals surface area contributed by atoms with Gasteiger partial charge in [-0.1, -0.05) is 5.16 Å². The summed E-state index contributed by atoms with van der Waals surface area (Å²) in [6.45, 7) is 7.63. The molecule has 4 aliphatic rings. The number of oxime groups is 1. The molecule has 0 aliphatic carbocycles. The van der Waals surface area contributed by atoms with E-state index in [0.29, 0.717) is 0 Å². The van der Waals surface area contributed by atoms with Gasteiger partial charge in [-0.3, -0.25) is 19.2 Å². The van der Waals surface area contributed by atoms with Crippen LogP contribution in [0.15, 0.2) is 5.16 Å². The van der Waals surface area contributed by atoms with Crippen molar-refractivity contribution in [1.29, 1.82) is 0 Å². The number of aliphatic hydroxyl groups excluding tert-OH is 1. The lowest BCUT2D eigenvalue weighted by atomic mass is 9.89. The van der Waals surface area contributed by atoms with Gasteiger partial charge in [-0.05, 0) is 13.8 Å². The maximum Gasteiger partial charge on any atom is 0.303 e. The summed E-state index contributed by atoms with van der Waals surface area (Å²) in [7, 11) is 0. The van der Waals surface area contributed by atoms with Crippen molar-refractivity contribution in [2.75, 3.05) is 6.61 Å². The molecule has 4 aliphatic heterocycles. The third-order valence-corrected chi connectivity index (χ3v) is 6.45. The minimum atomic E-state index is -1.34. The maximum atomic E-state index is 12.1. The molecule has 0 saturated carbocycles. The molecule has 0 aromatic carbocycles. The zero-order valence-corrected chi connectivity index (χ0v) is 22.4. The van der Waals surface area contributed by atoms with Crippen LogP contribution in [0.4, 0.5) is 0 Å². The van der Waals surface area contributed by atoms with Crippen LogP contribution < -0.4 is 0 Å². The van der Waals surface area contributed by atoms with Gasteiger partial charge < -0.3 is 47.8 Å². The van der Waals surface area contributed by atoms with Gasteiger partial charge in [0, 0.05) is 34.1 Å². The van der Waals surface area contributed by atoms with Gasteiger partial charge in [-0.25, -0.2) is 0 Å². The highest BCUT2D eigenvalue weighted by Gasteiger charge is 2.59. The molecule has 3 saturated heterocycles. The first-order valence-electron chi connectivity index (χ1n) is 12.5. The first-order chi connectivity index (χ1) is 18.3. The molecule has 0 aromatic rings. The van der Waals surface area contributed by atoms with Gasteiger partial charge in [0.1, 0.15) is 37.1 Å². The first kappa shape index (κ1) is 29.1. The van der Waals surface area contributed by atoms with Crippen LogP contribution in [-0.2, 0) is 61.9 Å². The van der Waals surface area contributed by atoms with Gasteiger partial charge in [0.05, 0.1) is 5.71 Å². The van der Waals surface area contributed by atoms with E-state index in [0.717, 1.165) is 20.8 Å². The van der Waals surface area contributed by atoms with Crippen molar-refractivity contribution in [3.05, 3.63) is 0 Å². The topological polar surface area (TPSA) is 184 Å². The van der Waals surface area contributed by atoms with E-state index in [1.165, 1.54) is 6.92 Å². The van der Waals surface area contributed by atoms with Crippen molar-refractivity contribution in [3.8, 4) is 0 Å². The van der Waals surface area contributed by atoms with Crippen molar-refractivity contribution in [3.63, 3.8) is 0 Å². The quantitative estimate of drug-likeness (QED) is 0.311. The highest BCUT2D eigenvalue weighted by Crippen LogP contribution is 2.41. The predicted octanol–water partition coefficient (Wildman–Crippen LogP) is -0.506. The summed E-state index contributed by atoms with van der Waals surface area (Å²) in [6, 6.07) is 0. The summed E-state index contributed by atoms with van der Waals surface area (Å²) in [5.74, 6) is -3.77. The number of carbonyl (C=O) groups is 4. The second kappa shape index (κ2) is 11.3. The van der Waals surface area contributed by atoms with E-state index < -0.39 is 90.9 Å². The van der Waals surface area contributed by atoms with Gasteiger partial charge in [-0.2, -0.15) is 0 Å². The number of aliphatic hydroxyl groups is 1. The third kappa shape index (κ3) is 6.49. The van der Waals surface area contributed by atoms with Crippen LogP contribution in [0.25, 0.3) is 0 Å². The van der Waals surface area contributed by atoms with Crippen LogP contribution in [0.3, 0.4) is 0 Å². The van der Waals surface area contributed by atoms with E-state index >= 15 is 0 Å². The lowest BCUT2D eigenvalue weighted by Gasteiger charge is -2.44. The summed E-state index contributed by atoms with van der Waals surface area (Å²) in [6.07, 6.45) is -10.5. The molecule has 1 unspecified atom stereocenters. The molecule has 0 amide bonds. The Kier molecular flexibility index (Phi) is 8.47. The minimum Gasteiger partial charge on any atom is -0.463 e. The molecule has 3 fully saturated rings. The van der Waals surface area contributed by atoms with Crippen LogP contribution in [0.5, 0.6) is 0 Å². The highest BCUT2D eigenvalue weighted by atomic mass is 16.8. The Hall–Kier alpha value is -2.85. The first-order valence-corrected chi connectivity index (χ1v) is 12.5. The molecule has 10 atom stereocenters. The van der Waals surface area contributed by atoms with Crippen molar-refractivity contribution >= 4 is 29.6 Å². The standard InChI is InChI=1S/C24H33NO14/c1-9(26)31-8-15-19(32-10(2)27)22(34-12(4)29)21(33-11(3)28)17(35-15)13-7-14(39-25-13)18-16(30)20-23(36-18)38-24(5,6)37-20/h14-23,30H,7-8H2,1-6H3/t14?,15-,16+,17+,18-,19-,20-,21+,22+,23-/m1/s1. The Bertz CT molecular complexity index is 1010. The largest absolute Gasteiger partial charge is 0.463 e. The molecule has 15 heteroatoms. The molecule has 0 spiro atoms. The Morgan fingerprint density at radius 3 is 2.08 bits per heavy atom. The molecule has 15 nitrogen and oxygen atoms in total. The monoisotopic (exact) mass is 559 g/mol. The molecule has 0 aromatic heterocycles. The number of fused-ring (bicyclic) bond motifs is 1. The predicted molar refractivity (Wildman–Crippen MR) is 124 cm³/mol. The van der Waals surface area contributed by atoms with E-state index in [-0.39, 0.29) is 18.7 Å². The van der Waals surface area contributed by atoms with Gasteiger partial charge in [0.2, 0.25) is 0 Å². The third-order valence-electron chi connectivity index (χ3n) is 6.45. The Morgan fingerprint density at radius 2 is 1.49 bits per heavy atom. The molecular weight excluding hydrogens is 526 g/mol. The van der Waals surface area contributed by atoms with Crippen LogP contribution in [-0.4, -0.2) is 108 Å².